The Bertz CT molecular complexity index is 576. The largest absolute Gasteiger partial charge is 0.625 e. The number of benzene rings is 1. The molecule has 8 heteroatoms. The number of carbonyl (C=O) groups is 1. The fraction of sp³-hybridized carbons (Fsp3) is 0.533. The van der Waals surface area contributed by atoms with E-state index in [1.165, 1.54) is 7.11 Å². The van der Waals surface area contributed by atoms with Crippen molar-refractivity contribution < 1.29 is 32.6 Å². The lowest BCUT2D eigenvalue weighted by Gasteiger charge is -2.37. The Morgan fingerprint density at radius 1 is 1.26 bits per heavy atom. The van der Waals surface area contributed by atoms with Crippen molar-refractivity contribution in [2.24, 2.45) is 0 Å². The lowest BCUT2D eigenvalue weighted by atomic mass is 9.94. The molecular formula is C15H20BNO6. The molecule has 1 unspecified atom stereocenters. The van der Waals surface area contributed by atoms with Gasteiger partial charge in [0.15, 0.2) is 0 Å². The first kappa shape index (κ1) is 15.0. The second kappa shape index (κ2) is 5.49. The van der Waals surface area contributed by atoms with Gasteiger partial charge in [-0.3, -0.25) is 0 Å². The summed E-state index contributed by atoms with van der Waals surface area (Å²) in [5, 5.41) is 0. The summed E-state index contributed by atoms with van der Waals surface area (Å²) in [6.45, 7) is 2.96. The van der Waals surface area contributed by atoms with Gasteiger partial charge in [0.05, 0.1) is 45.5 Å². The van der Waals surface area contributed by atoms with Gasteiger partial charge in [-0.15, -0.1) is 0 Å². The molecule has 3 heterocycles. The van der Waals surface area contributed by atoms with E-state index in [2.05, 4.69) is 4.74 Å². The smallest absolute Gasteiger partial charge is 0.491 e. The summed E-state index contributed by atoms with van der Waals surface area (Å²) in [5.74, 6) is 0.337. The average molecular weight is 321 g/mol. The minimum Gasteiger partial charge on any atom is -0.491 e. The molecule has 0 bridgehead atoms. The molecule has 3 aliphatic heterocycles. The van der Waals surface area contributed by atoms with Gasteiger partial charge in [0.2, 0.25) is 0 Å². The zero-order chi connectivity index (χ0) is 15.9. The van der Waals surface area contributed by atoms with Crippen molar-refractivity contribution in [1.29, 1.82) is 0 Å². The predicted molar refractivity (Wildman–Crippen MR) is 80.7 cm³/mol. The van der Waals surface area contributed by atoms with Crippen molar-refractivity contribution in [3.05, 3.63) is 29.8 Å². The molecular weight excluding hydrogens is 301 g/mol. The van der Waals surface area contributed by atoms with Crippen LogP contribution in [0.25, 0.3) is 0 Å². The highest BCUT2D eigenvalue weighted by Crippen LogP contribution is 2.41. The molecule has 23 heavy (non-hydrogen) atoms. The van der Waals surface area contributed by atoms with E-state index in [1.54, 1.807) is 24.3 Å². The fourth-order valence-electron chi connectivity index (χ4n) is 3.86. The molecule has 7 nitrogen and oxygen atoms in total. The van der Waals surface area contributed by atoms with Gasteiger partial charge in [-0.25, -0.2) is 4.79 Å². The highest BCUT2D eigenvalue weighted by Gasteiger charge is 2.66. The van der Waals surface area contributed by atoms with Crippen LogP contribution in [0.3, 0.4) is 0 Å². The summed E-state index contributed by atoms with van der Waals surface area (Å²) in [6, 6.07) is 6.88. The summed E-state index contributed by atoms with van der Waals surface area (Å²) in [5.41, 5.74) is 0.501. The van der Waals surface area contributed by atoms with Crippen molar-refractivity contribution in [3.8, 4) is 5.75 Å². The predicted octanol–water partition coefficient (Wildman–Crippen LogP) is 0.564. The number of ether oxygens (including phenoxy) is 2. The zero-order valence-corrected chi connectivity index (χ0v) is 13.1. The summed E-state index contributed by atoms with van der Waals surface area (Å²) < 4.78 is 28.9. The van der Waals surface area contributed by atoms with Gasteiger partial charge in [0.25, 0.3) is 0 Å². The maximum absolute atomic E-state index is 11.4. The topological polar surface area (TPSA) is 63.2 Å². The van der Waals surface area contributed by atoms with E-state index in [0.29, 0.717) is 31.1 Å². The SMILES string of the molecule is COC(=O)c1ccc(OCC2C[N+]34CCO[B-]3(OCC4)O2)cc1. The number of quaternary nitrogens is 1. The lowest BCUT2D eigenvalue weighted by Crippen LogP contribution is -2.59. The highest BCUT2D eigenvalue weighted by atomic mass is 16.8. The van der Waals surface area contributed by atoms with Crippen LogP contribution in [-0.4, -0.2) is 69.9 Å². The molecule has 0 spiro atoms. The number of esters is 1. The Morgan fingerprint density at radius 2 is 1.96 bits per heavy atom. The number of methoxy groups -OCH3 is 1. The van der Waals surface area contributed by atoms with Crippen molar-refractivity contribution in [1.82, 2.24) is 0 Å². The van der Waals surface area contributed by atoms with Crippen LogP contribution in [0, 0.1) is 0 Å². The van der Waals surface area contributed by atoms with Crippen molar-refractivity contribution in [2.45, 2.75) is 6.10 Å². The van der Waals surface area contributed by atoms with Crippen molar-refractivity contribution >= 4 is 12.9 Å². The number of rotatable bonds is 4. The number of carbonyl (C=O) groups excluding carboxylic acids is 1. The summed E-state index contributed by atoms with van der Waals surface area (Å²) >= 11 is 0. The normalized spacial score (nSPS) is 34.9. The molecule has 124 valence electrons. The van der Waals surface area contributed by atoms with Crippen LogP contribution >= 0.6 is 0 Å². The Hall–Kier alpha value is -1.61. The van der Waals surface area contributed by atoms with E-state index in [-0.39, 0.29) is 12.1 Å². The molecule has 3 fully saturated rings. The van der Waals surface area contributed by atoms with Crippen LogP contribution < -0.4 is 4.74 Å². The quantitative estimate of drug-likeness (QED) is 0.597. The summed E-state index contributed by atoms with van der Waals surface area (Å²) in [6.07, 6.45) is -0.0455. The lowest BCUT2D eigenvalue weighted by molar-refractivity contribution is -0.816. The van der Waals surface area contributed by atoms with Crippen LogP contribution in [0.4, 0.5) is 0 Å². The minimum atomic E-state index is -1.63. The number of nitrogens with zero attached hydrogens (tertiary/aromatic N) is 1. The standard InChI is InChI=1S/C15H20BNO6/c1-19-15(18)12-2-4-13(5-3-12)20-11-14-10-17-6-8-21-16(17,23-14)22-9-7-17/h2-5,14H,6-11H2,1H3. The second-order valence-corrected chi connectivity index (χ2v) is 6.28. The molecule has 0 amide bonds. The van der Waals surface area contributed by atoms with E-state index in [0.717, 1.165) is 24.0 Å². The first-order chi connectivity index (χ1) is 11.2. The third kappa shape index (κ3) is 2.33. The average Bonchev–Trinajstić information content (AvgIpc) is 3.14. The molecule has 0 N–H and O–H groups in total. The molecule has 1 atom stereocenters. The van der Waals surface area contributed by atoms with Gasteiger partial charge in [0.1, 0.15) is 18.5 Å². The summed E-state index contributed by atoms with van der Waals surface area (Å²) in [7, 11) is 1.36. The molecule has 0 radical (unpaired) electrons. The second-order valence-electron chi connectivity index (χ2n) is 6.28. The molecule has 0 saturated carbocycles. The Morgan fingerprint density at radius 3 is 2.57 bits per heavy atom. The zero-order valence-electron chi connectivity index (χ0n) is 13.1. The first-order valence-corrected chi connectivity index (χ1v) is 7.92. The maximum Gasteiger partial charge on any atom is 0.625 e. The maximum atomic E-state index is 11.4. The van der Waals surface area contributed by atoms with Gasteiger partial charge in [-0.05, 0) is 24.3 Å². The third-order valence-corrected chi connectivity index (χ3v) is 5.04. The third-order valence-electron chi connectivity index (χ3n) is 5.04. The van der Waals surface area contributed by atoms with Gasteiger partial charge < -0.3 is 27.8 Å². The van der Waals surface area contributed by atoms with E-state index < -0.39 is 6.89 Å². The Balaban J connectivity index is 1.37. The molecule has 1 aromatic rings. The van der Waals surface area contributed by atoms with E-state index in [1.807, 2.05) is 0 Å². The molecule has 0 aliphatic carbocycles. The van der Waals surface area contributed by atoms with Crippen molar-refractivity contribution in [2.75, 3.05) is 46.6 Å². The fourth-order valence-corrected chi connectivity index (χ4v) is 3.86. The van der Waals surface area contributed by atoms with Crippen LogP contribution in [0.15, 0.2) is 24.3 Å². The van der Waals surface area contributed by atoms with Gasteiger partial charge in [0, 0.05) is 0 Å². The number of hydrogen-bond donors (Lipinski definition) is 0. The van der Waals surface area contributed by atoms with E-state index in [4.69, 9.17) is 18.7 Å². The molecule has 0 aromatic heterocycles. The molecule has 4 rings (SSSR count). The van der Waals surface area contributed by atoms with Gasteiger partial charge >= 0.3 is 12.9 Å². The molecule has 1 aromatic carbocycles. The van der Waals surface area contributed by atoms with Gasteiger partial charge in [-0.2, -0.15) is 0 Å². The van der Waals surface area contributed by atoms with Gasteiger partial charge in [-0.1, -0.05) is 0 Å². The highest BCUT2D eigenvalue weighted by molar-refractivity contribution is 6.54. The van der Waals surface area contributed by atoms with Crippen molar-refractivity contribution in [3.63, 3.8) is 0 Å². The first-order valence-electron chi connectivity index (χ1n) is 7.92. The van der Waals surface area contributed by atoms with E-state index >= 15 is 0 Å². The van der Waals surface area contributed by atoms with Crippen LogP contribution in [0.1, 0.15) is 10.4 Å². The monoisotopic (exact) mass is 321 g/mol. The molecule has 3 aliphatic rings. The Kier molecular flexibility index (Phi) is 3.57. The Labute approximate surface area is 134 Å². The number of hydrogen-bond acceptors (Lipinski definition) is 6. The van der Waals surface area contributed by atoms with E-state index in [9.17, 15) is 4.79 Å². The van der Waals surface area contributed by atoms with Crippen LogP contribution in [-0.2, 0) is 18.7 Å². The van der Waals surface area contributed by atoms with Crippen LogP contribution in [0.5, 0.6) is 5.75 Å². The minimum absolute atomic E-state index is 0.0455. The molecule has 3 saturated heterocycles. The van der Waals surface area contributed by atoms with Crippen LogP contribution in [0.2, 0.25) is 0 Å². The summed E-state index contributed by atoms with van der Waals surface area (Å²) in [4.78, 5) is 11.4.